The Morgan fingerprint density at radius 2 is 2.33 bits per heavy atom. The lowest BCUT2D eigenvalue weighted by atomic mass is 10.3. The van der Waals surface area contributed by atoms with Crippen molar-refractivity contribution in [1.82, 2.24) is 10.2 Å². The molecule has 0 aliphatic carbocycles. The van der Waals surface area contributed by atoms with Gasteiger partial charge in [-0.1, -0.05) is 0 Å². The van der Waals surface area contributed by atoms with Crippen molar-refractivity contribution in [3.05, 3.63) is 12.0 Å². The zero-order valence-corrected chi connectivity index (χ0v) is 6.91. The highest BCUT2D eigenvalue weighted by atomic mass is 19.1. The van der Waals surface area contributed by atoms with Gasteiger partial charge >= 0.3 is 6.03 Å². The van der Waals surface area contributed by atoms with Crippen molar-refractivity contribution in [2.75, 3.05) is 0 Å². The van der Waals surface area contributed by atoms with Crippen molar-refractivity contribution < 1.29 is 14.3 Å². The summed E-state index contributed by atoms with van der Waals surface area (Å²) in [5.41, 5.74) is 0. The van der Waals surface area contributed by atoms with Gasteiger partial charge in [-0.2, -0.15) is 0 Å². The first-order chi connectivity index (χ1) is 5.52. The summed E-state index contributed by atoms with van der Waals surface area (Å²) in [5, 5.41) is 10.9. The summed E-state index contributed by atoms with van der Waals surface area (Å²) in [7, 11) is 0. The van der Waals surface area contributed by atoms with Crippen molar-refractivity contribution in [2.45, 2.75) is 26.1 Å². The number of aliphatic hydroxyl groups is 1. The molecule has 0 radical (unpaired) electrons. The molecule has 1 aliphatic heterocycles. The lowest BCUT2D eigenvalue weighted by molar-refractivity contribution is 0.118. The summed E-state index contributed by atoms with van der Waals surface area (Å²) in [6.45, 7) is 3.50. The van der Waals surface area contributed by atoms with Crippen LogP contribution in [0.25, 0.3) is 0 Å². The molecule has 0 bridgehead atoms. The summed E-state index contributed by atoms with van der Waals surface area (Å²) < 4.78 is 12.7. The van der Waals surface area contributed by atoms with Crippen molar-refractivity contribution >= 4 is 6.03 Å². The number of amides is 2. The molecule has 0 aromatic rings. The molecule has 2 amide bonds. The van der Waals surface area contributed by atoms with E-state index in [1.807, 2.05) is 0 Å². The highest BCUT2D eigenvalue weighted by molar-refractivity contribution is 5.77. The van der Waals surface area contributed by atoms with E-state index in [0.29, 0.717) is 0 Å². The smallest absolute Gasteiger partial charge is 0.324 e. The van der Waals surface area contributed by atoms with Crippen LogP contribution in [0.1, 0.15) is 13.8 Å². The van der Waals surface area contributed by atoms with Crippen LogP contribution in [0.3, 0.4) is 0 Å². The summed E-state index contributed by atoms with van der Waals surface area (Å²) in [4.78, 5) is 12.2. The maximum atomic E-state index is 12.7. The summed E-state index contributed by atoms with van der Waals surface area (Å²) in [6.07, 6.45) is -0.485. The molecule has 0 aromatic carbocycles. The maximum Gasteiger partial charge on any atom is 0.324 e. The average molecular weight is 174 g/mol. The third-order valence-corrected chi connectivity index (χ3v) is 1.57. The molecule has 1 rings (SSSR count). The molecule has 1 unspecified atom stereocenters. The monoisotopic (exact) mass is 174 g/mol. The normalized spacial score (nSPS) is 24.1. The van der Waals surface area contributed by atoms with Gasteiger partial charge in [-0.15, -0.1) is 0 Å². The molecule has 12 heavy (non-hydrogen) atoms. The molecular weight excluding hydrogens is 163 g/mol. The molecule has 0 saturated heterocycles. The molecule has 0 aromatic heterocycles. The number of rotatable bonds is 1. The van der Waals surface area contributed by atoms with Gasteiger partial charge < -0.3 is 10.4 Å². The molecule has 1 aliphatic rings. The van der Waals surface area contributed by atoms with Crippen molar-refractivity contribution in [3.8, 4) is 0 Å². The second-order valence-corrected chi connectivity index (χ2v) is 2.87. The van der Waals surface area contributed by atoms with E-state index in [4.69, 9.17) is 5.11 Å². The number of urea groups is 1. The zero-order chi connectivity index (χ0) is 9.30. The highest BCUT2D eigenvalue weighted by Crippen LogP contribution is 2.12. The van der Waals surface area contributed by atoms with E-state index in [-0.39, 0.29) is 6.04 Å². The lowest BCUT2D eigenvalue weighted by Crippen LogP contribution is -2.49. The minimum Gasteiger partial charge on any atom is -0.367 e. The second kappa shape index (κ2) is 3.10. The number of hydrogen-bond acceptors (Lipinski definition) is 2. The molecule has 5 heteroatoms. The number of carbonyl (C=O) groups excluding carboxylic acids is 1. The van der Waals surface area contributed by atoms with Crippen LogP contribution >= 0.6 is 0 Å². The van der Waals surface area contributed by atoms with E-state index in [1.165, 1.54) is 4.90 Å². The fourth-order valence-electron chi connectivity index (χ4n) is 0.906. The fraction of sp³-hybridized carbons (Fsp3) is 0.571. The predicted octanol–water partition coefficient (Wildman–Crippen LogP) is 0.549. The molecule has 0 saturated carbocycles. The Hall–Kier alpha value is -1.10. The number of carbonyl (C=O) groups is 1. The molecule has 1 heterocycles. The van der Waals surface area contributed by atoms with Crippen LogP contribution < -0.4 is 5.32 Å². The molecule has 68 valence electrons. The second-order valence-electron chi connectivity index (χ2n) is 2.87. The zero-order valence-electron chi connectivity index (χ0n) is 6.91. The van der Waals surface area contributed by atoms with Crippen LogP contribution in [-0.4, -0.2) is 28.3 Å². The van der Waals surface area contributed by atoms with Gasteiger partial charge in [-0.3, -0.25) is 4.90 Å². The molecule has 0 spiro atoms. The Morgan fingerprint density at radius 3 is 2.83 bits per heavy atom. The van der Waals surface area contributed by atoms with Gasteiger partial charge in [-0.25, -0.2) is 9.18 Å². The van der Waals surface area contributed by atoms with Crippen molar-refractivity contribution in [3.63, 3.8) is 0 Å². The van der Waals surface area contributed by atoms with Crippen LogP contribution in [0.5, 0.6) is 0 Å². The topological polar surface area (TPSA) is 52.6 Å². The standard InChI is InChI=1S/C7H11FN2O2/c1-4(2)10-3-5(8)6(11)9-7(10)12/h3-4,6,11H,1-2H3,(H,9,12). The van der Waals surface area contributed by atoms with Crippen LogP contribution in [-0.2, 0) is 0 Å². The van der Waals surface area contributed by atoms with Gasteiger partial charge in [0.25, 0.3) is 0 Å². The highest BCUT2D eigenvalue weighted by Gasteiger charge is 2.26. The summed E-state index contributed by atoms with van der Waals surface area (Å²) >= 11 is 0. The fourth-order valence-corrected chi connectivity index (χ4v) is 0.906. The average Bonchev–Trinajstić information content (AvgIpc) is 1.96. The number of hydrogen-bond donors (Lipinski definition) is 2. The SMILES string of the molecule is CC(C)N1C=C(F)C(O)NC1=O. The first kappa shape index (κ1) is 8.99. The van der Waals surface area contributed by atoms with E-state index < -0.39 is 18.1 Å². The van der Waals surface area contributed by atoms with Gasteiger partial charge in [0.1, 0.15) is 0 Å². The van der Waals surface area contributed by atoms with E-state index >= 15 is 0 Å². The summed E-state index contributed by atoms with van der Waals surface area (Å²) in [6, 6.07) is -0.609. The molecule has 1 atom stereocenters. The number of halogens is 1. The first-order valence-electron chi connectivity index (χ1n) is 3.66. The van der Waals surface area contributed by atoms with E-state index in [9.17, 15) is 9.18 Å². The molecule has 0 fully saturated rings. The van der Waals surface area contributed by atoms with Gasteiger partial charge in [0.05, 0.1) is 0 Å². The van der Waals surface area contributed by atoms with Crippen molar-refractivity contribution in [2.24, 2.45) is 0 Å². The van der Waals surface area contributed by atoms with Gasteiger partial charge in [0.15, 0.2) is 12.1 Å². The van der Waals surface area contributed by atoms with Gasteiger partial charge in [0, 0.05) is 12.2 Å². The molecule has 2 N–H and O–H groups in total. The summed E-state index contributed by atoms with van der Waals surface area (Å²) in [5.74, 6) is -0.747. The van der Waals surface area contributed by atoms with Crippen molar-refractivity contribution in [1.29, 1.82) is 0 Å². The van der Waals surface area contributed by atoms with Crippen LogP contribution in [0.2, 0.25) is 0 Å². The number of nitrogens with one attached hydrogen (secondary N) is 1. The first-order valence-corrected chi connectivity index (χ1v) is 3.66. The van der Waals surface area contributed by atoms with E-state index in [1.54, 1.807) is 13.8 Å². The maximum absolute atomic E-state index is 12.7. The predicted molar refractivity (Wildman–Crippen MR) is 40.7 cm³/mol. The Bertz CT molecular complexity index is 227. The quantitative estimate of drug-likeness (QED) is 0.610. The van der Waals surface area contributed by atoms with E-state index in [0.717, 1.165) is 6.20 Å². The third kappa shape index (κ3) is 1.55. The van der Waals surface area contributed by atoms with Gasteiger partial charge in [-0.05, 0) is 13.8 Å². The van der Waals surface area contributed by atoms with Crippen LogP contribution in [0, 0.1) is 0 Å². The van der Waals surface area contributed by atoms with Crippen LogP contribution in [0.4, 0.5) is 9.18 Å². The Balaban J connectivity index is 2.83. The molecular formula is C7H11FN2O2. The number of aliphatic hydroxyl groups excluding tert-OH is 1. The number of nitrogens with zero attached hydrogens (tertiary/aromatic N) is 1. The Labute approximate surface area is 69.7 Å². The largest absolute Gasteiger partial charge is 0.367 e. The minimum atomic E-state index is -1.49. The van der Waals surface area contributed by atoms with Gasteiger partial charge in [0.2, 0.25) is 0 Å². The van der Waals surface area contributed by atoms with E-state index in [2.05, 4.69) is 5.32 Å². The lowest BCUT2D eigenvalue weighted by Gasteiger charge is -2.28. The Morgan fingerprint density at radius 1 is 1.75 bits per heavy atom. The third-order valence-electron chi connectivity index (χ3n) is 1.57. The van der Waals surface area contributed by atoms with Crippen LogP contribution in [0.15, 0.2) is 12.0 Å². The minimum absolute atomic E-state index is 0.122. The molecule has 4 nitrogen and oxygen atoms in total. The Kier molecular flexibility index (Phi) is 2.32.